The van der Waals surface area contributed by atoms with Gasteiger partial charge in [0, 0.05) is 31.4 Å². The van der Waals surface area contributed by atoms with Crippen molar-refractivity contribution in [2.75, 3.05) is 32.1 Å². The number of anilines is 1. The van der Waals surface area contributed by atoms with Gasteiger partial charge in [0.2, 0.25) is 0 Å². The molecule has 2 rings (SSSR count). The van der Waals surface area contributed by atoms with Crippen LogP contribution in [0.15, 0.2) is 54.6 Å². The molecule has 3 heteroatoms. The van der Waals surface area contributed by atoms with E-state index in [4.69, 9.17) is 4.74 Å². The Hall–Kier alpha value is -2.00. The van der Waals surface area contributed by atoms with Crippen molar-refractivity contribution in [3.05, 3.63) is 60.2 Å². The normalized spacial score (nSPS) is 10.9. The van der Waals surface area contributed by atoms with Crippen LogP contribution in [0, 0.1) is 0 Å². The SMILES string of the molecule is CCCCCCCOc1cccc(NCCN(C)Cc2ccccc2)c1. The van der Waals surface area contributed by atoms with Crippen molar-refractivity contribution in [2.24, 2.45) is 0 Å². The number of likely N-dealkylation sites (N-methyl/N-ethyl adjacent to an activating group) is 1. The van der Waals surface area contributed by atoms with Gasteiger partial charge >= 0.3 is 0 Å². The van der Waals surface area contributed by atoms with Crippen LogP contribution in [-0.2, 0) is 6.54 Å². The van der Waals surface area contributed by atoms with Crippen molar-refractivity contribution in [2.45, 2.75) is 45.6 Å². The second kappa shape index (κ2) is 12.4. The highest BCUT2D eigenvalue weighted by Crippen LogP contribution is 2.17. The zero-order valence-corrected chi connectivity index (χ0v) is 16.4. The molecule has 0 amide bonds. The lowest BCUT2D eigenvalue weighted by molar-refractivity contribution is 0.304. The van der Waals surface area contributed by atoms with E-state index in [-0.39, 0.29) is 0 Å². The van der Waals surface area contributed by atoms with Crippen LogP contribution in [0.1, 0.15) is 44.6 Å². The highest BCUT2D eigenvalue weighted by atomic mass is 16.5. The Labute approximate surface area is 159 Å². The van der Waals surface area contributed by atoms with Crippen LogP contribution < -0.4 is 10.1 Å². The molecular weight excluding hydrogens is 320 g/mol. The molecule has 0 fully saturated rings. The largest absolute Gasteiger partial charge is 0.494 e. The summed E-state index contributed by atoms with van der Waals surface area (Å²) in [6.45, 7) is 5.95. The maximum atomic E-state index is 5.88. The molecular formula is C23H34N2O. The zero-order valence-electron chi connectivity index (χ0n) is 16.4. The van der Waals surface area contributed by atoms with Crippen molar-refractivity contribution in [3.8, 4) is 5.75 Å². The van der Waals surface area contributed by atoms with E-state index in [0.717, 1.165) is 44.1 Å². The van der Waals surface area contributed by atoms with Gasteiger partial charge in [0.25, 0.3) is 0 Å². The van der Waals surface area contributed by atoms with Gasteiger partial charge in [-0.25, -0.2) is 0 Å². The minimum absolute atomic E-state index is 0.812. The Morgan fingerprint density at radius 2 is 1.73 bits per heavy atom. The summed E-state index contributed by atoms with van der Waals surface area (Å²) in [5.41, 5.74) is 2.48. The summed E-state index contributed by atoms with van der Waals surface area (Å²) in [7, 11) is 2.16. The minimum Gasteiger partial charge on any atom is -0.494 e. The first-order valence-electron chi connectivity index (χ1n) is 9.97. The molecule has 0 unspecified atom stereocenters. The molecule has 0 aliphatic heterocycles. The molecule has 0 aliphatic rings. The van der Waals surface area contributed by atoms with Crippen LogP contribution in [0.4, 0.5) is 5.69 Å². The summed E-state index contributed by atoms with van der Waals surface area (Å²) >= 11 is 0. The van der Waals surface area contributed by atoms with Crippen molar-refractivity contribution >= 4 is 5.69 Å². The fraction of sp³-hybridized carbons (Fsp3) is 0.478. The number of nitrogens with one attached hydrogen (secondary N) is 1. The Morgan fingerprint density at radius 3 is 2.54 bits per heavy atom. The Kier molecular flexibility index (Phi) is 9.66. The topological polar surface area (TPSA) is 24.5 Å². The van der Waals surface area contributed by atoms with Gasteiger partial charge in [-0.3, -0.25) is 0 Å². The van der Waals surface area contributed by atoms with Gasteiger partial charge in [-0.2, -0.15) is 0 Å². The lowest BCUT2D eigenvalue weighted by atomic mass is 10.2. The molecule has 1 N–H and O–H groups in total. The summed E-state index contributed by atoms with van der Waals surface area (Å²) < 4.78 is 5.88. The van der Waals surface area contributed by atoms with E-state index >= 15 is 0 Å². The third-order valence-corrected chi connectivity index (χ3v) is 4.47. The highest BCUT2D eigenvalue weighted by molar-refractivity contribution is 5.48. The van der Waals surface area contributed by atoms with E-state index in [1.165, 1.54) is 31.2 Å². The zero-order chi connectivity index (χ0) is 18.5. The molecule has 0 saturated heterocycles. The number of nitrogens with zero attached hydrogens (tertiary/aromatic N) is 1. The molecule has 0 radical (unpaired) electrons. The molecule has 26 heavy (non-hydrogen) atoms. The summed E-state index contributed by atoms with van der Waals surface area (Å²) in [6, 6.07) is 18.9. The van der Waals surface area contributed by atoms with Crippen LogP contribution in [0.5, 0.6) is 5.75 Å². The number of unbranched alkanes of at least 4 members (excludes halogenated alkanes) is 4. The lowest BCUT2D eigenvalue weighted by Gasteiger charge is -2.17. The van der Waals surface area contributed by atoms with E-state index in [1.54, 1.807) is 0 Å². The van der Waals surface area contributed by atoms with E-state index in [9.17, 15) is 0 Å². The molecule has 2 aromatic rings. The average molecular weight is 355 g/mol. The number of ether oxygens (including phenoxy) is 1. The molecule has 0 bridgehead atoms. The number of benzene rings is 2. The lowest BCUT2D eigenvalue weighted by Crippen LogP contribution is -2.24. The number of hydrogen-bond acceptors (Lipinski definition) is 3. The van der Waals surface area contributed by atoms with E-state index < -0.39 is 0 Å². The molecule has 0 atom stereocenters. The summed E-state index contributed by atoms with van der Waals surface area (Å²) in [6.07, 6.45) is 6.34. The monoisotopic (exact) mass is 354 g/mol. The van der Waals surface area contributed by atoms with E-state index in [2.05, 4.69) is 72.7 Å². The first-order chi connectivity index (χ1) is 12.8. The van der Waals surface area contributed by atoms with Crippen LogP contribution >= 0.6 is 0 Å². The molecule has 2 aromatic carbocycles. The molecule has 3 nitrogen and oxygen atoms in total. The van der Waals surface area contributed by atoms with Gasteiger partial charge in [-0.1, -0.05) is 69.0 Å². The molecule has 0 aromatic heterocycles. The predicted molar refractivity (Wildman–Crippen MR) is 112 cm³/mol. The fourth-order valence-corrected chi connectivity index (χ4v) is 2.96. The van der Waals surface area contributed by atoms with Crippen LogP contribution in [0.25, 0.3) is 0 Å². The number of rotatable bonds is 13. The Morgan fingerprint density at radius 1 is 0.923 bits per heavy atom. The fourth-order valence-electron chi connectivity index (χ4n) is 2.96. The van der Waals surface area contributed by atoms with Gasteiger partial charge in [0.05, 0.1) is 6.61 Å². The Balaban J connectivity index is 1.64. The number of hydrogen-bond donors (Lipinski definition) is 1. The van der Waals surface area contributed by atoms with E-state index in [1.807, 2.05) is 6.07 Å². The average Bonchev–Trinajstić information content (AvgIpc) is 2.66. The highest BCUT2D eigenvalue weighted by Gasteiger charge is 2.01. The molecule has 0 heterocycles. The minimum atomic E-state index is 0.812. The van der Waals surface area contributed by atoms with Crippen molar-refractivity contribution in [3.63, 3.8) is 0 Å². The third-order valence-electron chi connectivity index (χ3n) is 4.47. The predicted octanol–water partition coefficient (Wildman–Crippen LogP) is 5.58. The van der Waals surface area contributed by atoms with Crippen LogP contribution in [0.2, 0.25) is 0 Å². The van der Waals surface area contributed by atoms with E-state index in [0.29, 0.717) is 0 Å². The second-order valence-electron chi connectivity index (χ2n) is 6.94. The molecule has 0 spiro atoms. The van der Waals surface area contributed by atoms with Gasteiger partial charge in [-0.15, -0.1) is 0 Å². The first-order valence-corrected chi connectivity index (χ1v) is 9.97. The van der Waals surface area contributed by atoms with Crippen molar-refractivity contribution in [1.29, 1.82) is 0 Å². The maximum Gasteiger partial charge on any atom is 0.121 e. The van der Waals surface area contributed by atoms with Gasteiger partial charge in [0.1, 0.15) is 5.75 Å². The quantitative estimate of drug-likeness (QED) is 0.475. The molecule has 0 aliphatic carbocycles. The molecule has 142 valence electrons. The Bertz CT molecular complexity index is 600. The van der Waals surface area contributed by atoms with Gasteiger partial charge in [-0.05, 0) is 31.2 Å². The maximum absolute atomic E-state index is 5.88. The van der Waals surface area contributed by atoms with Crippen LogP contribution in [0.3, 0.4) is 0 Å². The van der Waals surface area contributed by atoms with Crippen molar-refractivity contribution < 1.29 is 4.74 Å². The standard InChI is InChI=1S/C23H34N2O/c1-3-4-5-6-10-18-26-23-15-11-14-22(19-23)24-16-17-25(2)20-21-12-8-7-9-13-21/h7-9,11-15,19,24H,3-6,10,16-18,20H2,1-2H3. The van der Waals surface area contributed by atoms with Crippen molar-refractivity contribution in [1.82, 2.24) is 4.90 Å². The summed E-state index contributed by atoms with van der Waals surface area (Å²) in [4.78, 5) is 2.33. The second-order valence-corrected chi connectivity index (χ2v) is 6.94. The first kappa shape index (κ1) is 20.3. The molecule has 0 saturated carbocycles. The van der Waals surface area contributed by atoms with Gasteiger partial charge < -0.3 is 15.0 Å². The van der Waals surface area contributed by atoms with Gasteiger partial charge in [0.15, 0.2) is 0 Å². The summed E-state index contributed by atoms with van der Waals surface area (Å²) in [5, 5.41) is 3.50. The smallest absolute Gasteiger partial charge is 0.121 e. The van der Waals surface area contributed by atoms with Crippen LogP contribution in [-0.4, -0.2) is 31.6 Å². The summed E-state index contributed by atoms with van der Waals surface area (Å²) in [5.74, 6) is 0.961. The third kappa shape index (κ3) is 8.39.